The van der Waals surface area contributed by atoms with Crippen molar-refractivity contribution in [3.8, 4) is 5.75 Å². The zero-order valence-corrected chi connectivity index (χ0v) is 10.9. The number of nitrogens with one attached hydrogen (secondary N) is 1. The minimum absolute atomic E-state index is 0.0196. The molecule has 1 aromatic carbocycles. The van der Waals surface area contributed by atoms with Crippen LogP contribution in [0.2, 0.25) is 0 Å². The highest BCUT2D eigenvalue weighted by atomic mass is 16.6. The van der Waals surface area contributed by atoms with Crippen LogP contribution in [0.1, 0.15) is 20.3 Å². The first-order valence-corrected chi connectivity index (χ1v) is 6.22. The van der Waals surface area contributed by atoms with Crippen molar-refractivity contribution in [1.82, 2.24) is 5.32 Å². The Morgan fingerprint density at radius 3 is 2.83 bits per heavy atom. The van der Waals surface area contributed by atoms with E-state index in [9.17, 15) is 10.1 Å². The number of nitro benzene ring substituents is 1. The second-order valence-electron chi connectivity index (χ2n) is 4.35. The molecule has 1 unspecified atom stereocenters. The van der Waals surface area contributed by atoms with E-state index in [2.05, 4.69) is 19.2 Å². The van der Waals surface area contributed by atoms with Gasteiger partial charge in [-0.05, 0) is 19.0 Å². The Hall–Kier alpha value is -1.62. The van der Waals surface area contributed by atoms with Crippen LogP contribution in [0.25, 0.3) is 0 Å². The minimum Gasteiger partial charge on any atom is -0.486 e. The fourth-order valence-corrected chi connectivity index (χ4v) is 1.55. The summed E-state index contributed by atoms with van der Waals surface area (Å²) in [5.74, 6) is 0.654. The Bertz CT molecular complexity index is 382. The minimum atomic E-state index is -0.421. The summed E-state index contributed by atoms with van der Waals surface area (Å²) in [5.41, 5.74) is 0.0196. The fraction of sp³-hybridized carbons (Fsp3) is 0.538. The maximum atomic E-state index is 10.8. The van der Waals surface area contributed by atoms with Gasteiger partial charge in [-0.2, -0.15) is 0 Å². The van der Waals surface area contributed by atoms with E-state index in [1.54, 1.807) is 18.2 Å². The van der Waals surface area contributed by atoms with Crippen molar-refractivity contribution in [2.45, 2.75) is 20.3 Å². The molecule has 1 aromatic rings. The third-order valence-corrected chi connectivity index (χ3v) is 2.50. The summed E-state index contributed by atoms with van der Waals surface area (Å²) < 4.78 is 5.51. The van der Waals surface area contributed by atoms with E-state index in [0.29, 0.717) is 18.3 Å². The van der Waals surface area contributed by atoms with Crippen LogP contribution in [0.5, 0.6) is 5.75 Å². The quantitative estimate of drug-likeness (QED) is 0.439. The zero-order valence-electron chi connectivity index (χ0n) is 10.9. The van der Waals surface area contributed by atoms with E-state index < -0.39 is 4.92 Å². The molecular formula is C13H20N2O3. The molecule has 0 aliphatic rings. The van der Waals surface area contributed by atoms with Gasteiger partial charge in [-0.15, -0.1) is 0 Å². The molecule has 0 fully saturated rings. The first-order chi connectivity index (χ1) is 8.65. The van der Waals surface area contributed by atoms with Gasteiger partial charge >= 0.3 is 5.69 Å². The fourth-order valence-electron chi connectivity index (χ4n) is 1.55. The predicted octanol–water partition coefficient (Wildman–Crippen LogP) is 2.61. The Morgan fingerprint density at radius 1 is 1.44 bits per heavy atom. The molecule has 1 N–H and O–H groups in total. The Balaban J connectivity index is 2.45. The predicted molar refractivity (Wildman–Crippen MR) is 70.9 cm³/mol. The lowest BCUT2D eigenvalue weighted by Gasteiger charge is -2.13. The van der Waals surface area contributed by atoms with Gasteiger partial charge in [0.05, 0.1) is 11.5 Å². The summed E-state index contributed by atoms with van der Waals surface area (Å²) in [6.45, 7) is 6.48. The molecule has 0 radical (unpaired) electrons. The van der Waals surface area contributed by atoms with Gasteiger partial charge in [-0.1, -0.05) is 26.0 Å². The van der Waals surface area contributed by atoms with Crippen LogP contribution in [-0.2, 0) is 0 Å². The zero-order chi connectivity index (χ0) is 13.4. The molecule has 0 amide bonds. The normalized spacial score (nSPS) is 12.1. The molecule has 18 heavy (non-hydrogen) atoms. The van der Waals surface area contributed by atoms with Gasteiger partial charge in [0, 0.05) is 18.5 Å². The number of hydrogen-bond donors (Lipinski definition) is 1. The highest BCUT2D eigenvalue weighted by Crippen LogP contribution is 2.26. The summed E-state index contributed by atoms with van der Waals surface area (Å²) in [7, 11) is 0. The number of benzene rings is 1. The number of ether oxygens (including phenoxy) is 1. The highest BCUT2D eigenvalue weighted by Gasteiger charge is 2.14. The maximum Gasteiger partial charge on any atom is 0.310 e. The molecule has 0 heterocycles. The van der Waals surface area contributed by atoms with E-state index >= 15 is 0 Å². The number of para-hydroxylation sites is 2. The van der Waals surface area contributed by atoms with Crippen molar-refractivity contribution in [2.24, 2.45) is 5.92 Å². The number of hydrogen-bond acceptors (Lipinski definition) is 4. The molecule has 0 saturated heterocycles. The second-order valence-corrected chi connectivity index (χ2v) is 4.35. The maximum absolute atomic E-state index is 10.8. The summed E-state index contributed by atoms with van der Waals surface area (Å²) in [6, 6.07) is 6.46. The first kappa shape index (κ1) is 14.4. The topological polar surface area (TPSA) is 64.4 Å². The smallest absolute Gasteiger partial charge is 0.310 e. The summed E-state index contributed by atoms with van der Waals surface area (Å²) in [6.07, 6.45) is 1.09. The van der Waals surface area contributed by atoms with Crippen LogP contribution < -0.4 is 10.1 Å². The van der Waals surface area contributed by atoms with Crippen molar-refractivity contribution in [1.29, 1.82) is 0 Å². The molecule has 0 aromatic heterocycles. The third-order valence-electron chi connectivity index (χ3n) is 2.50. The monoisotopic (exact) mass is 252 g/mol. The standard InChI is InChI=1S/C13H20N2O3/c1-3-8-14-9-11(2)10-18-13-7-5-4-6-12(13)15(16)17/h4-7,11,14H,3,8-10H2,1-2H3. The molecule has 0 bridgehead atoms. The molecule has 0 spiro atoms. The summed E-state index contributed by atoms with van der Waals surface area (Å²) in [4.78, 5) is 10.4. The Labute approximate surface area is 107 Å². The van der Waals surface area contributed by atoms with Crippen molar-refractivity contribution in [3.05, 3.63) is 34.4 Å². The van der Waals surface area contributed by atoms with Gasteiger partial charge in [0.1, 0.15) is 0 Å². The van der Waals surface area contributed by atoms with Gasteiger partial charge in [0.25, 0.3) is 0 Å². The van der Waals surface area contributed by atoms with Crippen LogP contribution in [0.4, 0.5) is 5.69 Å². The first-order valence-electron chi connectivity index (χ1n) is 6.22. The lowest BCUT2D eigenvalue weighted by Crippen LogP contribution is -2.25. The van der Waals surface area contributed by atoms with Crippen molar-refractivity contribution in [3.63, 3.8) is 0 Å². The van der Waals surface area contributed by atoms with Crippen molar-refractivity contribution in [2.75, 3.05) is 19.7 Å². The van der Waals surface area contributed by atoms with E-state index in [0.717, 1.165) is 19.5 Å². The molecule has 0 saturated carbocycles. The summed E-state index contributed by atoms with van der Waals surface area (Å²) in [5, 5.41) is 14.1. The second kappa shape index (κ2) is 7.66. The van der Waals surface area contributed by atoms with Gasteiger partial charge in [-0.25, -0.2) is 0 Å². The van der Waals surface area contributed by atoms with Gasteiger partial charge < -0.3 is 10.1 Å². The largest absolute Gasteiger partial charge is 0.486 e. The van der Waals surface area contributed by atoms with Crippen molar-refractivity contribution < 1.29 is 9.66 Å². The summed E-state index contributed by atoms with van der Waals surface area (Å²) >= 11 is 0. The molecule has 1 rings (SSSR count). The van der Waals surface area contributed by atoms with Crippen LogP contribution in [-0.4, -0.2) is 24.6 Å². The number of nitrogens with zero attached hydrogens (tertiary/aromatic N) is 1. The molecule has 5 heteroatoms. The third kappa shape index (κ3) is 4.71. The highest BCUT2D eigenvalue weighted by molar-refractivity contribution is 5.45. The lowest BCUT2D eigenvalue weighted by atomic mass is 10.2. The Kier molecular flexibility index (Phi) is 6.14. The van der Waals surface area contributed by atoms with Gasteiger partial charge in [0.2, 0.25) is 0 Å². The lowest BCUT2D eigenvalue weighted by molar-refractivity contribution is -0.385. The number of nitro groups is 1. The van der Waals surface area contributed by atoms with E-state index in [4.69, 9.17) is 4.74 Å². The van der Waals surface area contributed by atoms with Gasteiger partial charge in [0.15, 0.2) is 5.75 Å². The van der Waals surface area contributed by atoms with Crippen molar-refractivity contribution >= 4 is 5.69 Å². The van der Waals surface area contributed by atoms with E-state index in [1.807, 2.05) is 0 Å². The van der Waals surface area contributed by atoms with E-state index in [-0.39, 0.29) is 5.69 Å². The molecule has 0 aliphatic heterocycles. The molecule has 5 nitrogen and oxygen atoms in total. The molecule has 100 valence electrons. The molecule has 1 atom stereocenters. The Morgan fingerprint density at radius 2 is 2.17 bits per heavy atom. The van der Waals surface area contributed by atoms with E-state index in [1.165, 1.54) is 6.07 Å². The average molecular weight is 252 g/mol. The van der Waals surface area contributed by atoms with Crippen LogP contribution >= 0.6 is 0 Å². The molecular weight excluding hydrogens is 232 g/mol. The SMILES string of the molecule is CCCNCC(C)COc1ccccc1[N+](=O)[O-]. The van der Waals surface area contributed by atoms with Crippen LogP contribution in [0.3, 0.4) is 0 Å². The van der Waals surface area contributed by atoms with Crippen LogP contribution in [0, 0.1) is 16.0 Å². The van der Waals surface area contributed by atoms with Crippen LogP contribution in [0.15, 0.2) is 24.3 Å². The number of rotatable bonds is 8. The van der Waals surface area contributed by atoms with Gasteiger partial charge in [-0.3, -0.25) is 10.1 Å². The average Bonchev–Trinajstić information content (AvgIpc) is 2.37. The molecule has 0 aliphatic carbocycles.